The summed E-state index contributed by atoms with van der Waals surface area (Å²) in [6.45, 7) is 6.38. The van der Waals surface area contributed by atoms with E-state index in [2.05, 4.69) is 5.32 Å². The molecule has 0 unspecified atom stereocenters. The van der Waals surface area contributed by atoms with Crippen LogP contribution < -0.4 is 9.62 Å². The van der Waals surface area contributed by atoms with Gasteiger partial charge in [0.05, 0.1) is 20.6 Å². The van der Waals surface area contributed by atoms with Crippen molar-refractivity contribution < 1.29 is 22.4 Å². The van der Waals surface area contributed by atoms with Gasteiger partial charge in [-0.1, -0.05) is 89.4 Å². The molecule has 0 radical (unpaired) electrons. The first-order valence-corrected chi connectivity index (χ1v) is 16.8. The zero-order chi connectivity index (χ0) is 33.6. The van der Waals surface area contributed by atoms with Gasteiger partial charge in [0.25, 0.3) is 10.0 Å². The van der Waals surface area contributed by atoms with E-state index in [1.54, 1.807) is 30.3 Å². The quantitative estimate of drug-likeness (QED) is 0.181. The van der Waals surface area contributed by atoms with E-state index in [-0.39, 0.29) is 28.6 Å². The Bertz CT molecular complexity index is 1800. The van der Waals surface area contributed by atoms with Gasteiger partial charge in [-0.15, -0.1) is 0 Å². The number of hydrogen-bond acceptors (Lipinski definition) is 4. The highest BCUT2D eigenvalue weighted by molar-refractivity contribution is 7.92. The van der Waals surface area contributed by atoms with Gasteiger partial charge in [0, 0.05) is 18.5 Å². The maximum absolute atomic E-state index is 15.3. The Labute approximate surface area is 280 Å². The molecule has 11 heteroatoms. The molecular weight excluding hydrogens is 648 g/mol. The summed E-state index contributed by atoms with van der Waals surface area (Å²) in [4.78, 5) is 29.6. The summed E-state index contributed by atoms with van der Waals surface area (Å²) < 4.78 is 44.1. The molecule has 0 aliphatic carbocycles. The van der Waals surface area contributed by atoms with Gasteiger partial charge in [-0.2, -0.15) is 0 Å². The Kier molecular flexibility index (Phi) is 11.1. The molecule has 0 aliphatic heterocycles. The molecule has 1 N–H and O–H groups in total. The predicted octanol–water partition coefficient (Wildman–Crippen LogP) is 7.19. The predicted molar refractivity (Wildman–Crippen MR) is 181 cm³/mol. The minimum absolute atomic E-state index is 0.111. The number of nitrogens with zero attached hydrogens (tertiary/aromatic N) is 2. The van der Waals surface area contributed by atoms with Gasteiger partial charge in [-0.3, -0.25) is 13.9 Å². The van der Waals surface area contributed by atoms with Crippen LogP contribution >= 0.6 is 23.2 Å². The summed E-state index contributed by atoms with van der Waals surface area (Å²) in [7, 11) is -4.43. The number of aryl methyl sites for hydroxylation is 1. The summed E-state index contributed by atoms with van der Waals surface area (Å²) in [6.07, 6.45) is 0.125. The van der Waals surface area contributed by atoms with Gasteiger partial charge < -0.3 is 10.2 Å². The molecule has 0 saturated heterocycles. The SMILES string of the molecule is Cc1ccc(S(=O)(=O)N(CC(=O)N(Cc2ccc(Cl)c(Cl)c2)[C@@H](Cc2ccccc2)C(=O)NC(C)(C)C)c2ccccc2F)cc1. The van der Waals surface area contributed by atoms with E-state index in [4.69, 9.17) is 23.2 Å². The smallest absolute Gasteiger partial charge is 0.264 e. The number of sulfonamides is 1. The van der Waals surface area contributed by atoms with Gasteiger partial charge in [0.15, 0.2) is 0 Å². The van der Waals surface area contributed by atoms with Crippen LogP contribution in [-0.4, -0.2) is 43.3 Å². The normalized spacial score (nSPS) is 12.3. The molecule has 0 aromatic heterocycles. The zero-order valence-electron chi connectivity index (χ0n) is 26.0. The topological polar surface area (TPSA) is 86.8 Å². The van der Waals surface area contributed by atoms with E-state index in [9.17, 15) is 18.0 Å². The van der Waals surface area contributed by atoms with Crippen molar-refractivity contribution in [2.24, 2.45) is 0 Å². The van der Waals surface area contributed by atoms with Crippen molar-refractivity contribution >= 4 is 50.7 Å². The summed E-state index contributed by atoms with van der Waals surface area (Å²) in [5.41, 5.74) is 1.22. The van der Waals surface area contributed by atoms with Crippen LogP contribution in [-0.2, 0) is 32.6 Å². The lowest BCUT2D eigenvalue weighted by Gasteiger charge is -2.35. The number of benzene rings is 4. The van der Waals surface area contributed by atoms with Gasteiger partial charge in [-0.25, -0.2) is 12.8 Å². The third-order valence-electron chi connectivity index (χ3n) is 7.12. The molecule has 46 heavy (non-hydrogen) atoms. The maximum atomic E-state index is 15.3. The molecule has 0 heterocycles. The monoisotopic (exact) mass is 683 g/mol. The Morgan fingerprint density at radius 2 is 1.48 bits per heavy atom. The Morgan fingerprint density at radius 3 is 2.09 bits per heavy atom. The van der Waals surface area contributed by atoms with Gasteiger partial charge in [0.1, 0.15) is 18.4 Å². The summed E-state index contributed by atoms with van der Waals surface area (Å²) in [6, 6.07) is 24.3. The summed E-state index contributed by atoms with van der Waals surface area (Å²) in [5.74, 6) is -1.99. The molecule has 242 valence electrons. The van der Waals surface area contributed by atoms with E-state index < -0.39 is 45.8 Å². The number of hydrogen-bond donors (Lipinski definition) is 1. The van der Waals surface area contributed by atoms with Crippen LogP contribution in [0, 0.1) is 12.7 Å². The van der Waals surface area contributed by atoms with E-state index in [0.29, 0.717) is 10.6 Å². The van der Waals surface area contributed by atoms with E-state index >= 15 is 4.39 Å². The molecule has 0 spiro atoms. The second-order valence-corrected chi connectivity index (χ2v) is 14.7. The maximum Gasteiger partial charge on any atom is 0.264 e. The summed E-state index contributed by atoms with van der Waals surface area (Å²) >= 11 is 12.5. The number of para-hydroxylation sites is 1. The second-order valence-electron chi connectivity index (χ2n) is 12.0. The molecule has 0 bridgehead atoms. The molecular formula is C35H36Cl2FN3O4S. The largest absolute Gasteiger partial charge is 0.350 e. The number of rotatable bonds is 11. The van der Waals surface area contributed by atoms with Crippen molar-refractivity contribution in [2.45, 2.75) is 57.1 Å². The fourth-order valence-corrected chi connectivity index (χ4v) is 6.59. The van der Waals surface area contributed by atoms with Crippen LogP contribution in [0.4, 0.5) is 10.1 Å². The van der Waals surface area contributed by atoms with Gasteiger partial charge in [0.2, 0.25) is 11.8 Å². The van der Waals surface area contributed by atoms with E-state index in [1.165, 1.54) is 35.2 Å². The lowest BCUT2D eigenvalue weighted by atomic mass is 10.0. The minimum Gasteiger partial charge on any atom is -0.350 e. The lowest BCUT2D eigenvalue weighted by molar-refractivity contribution is -0.140. The third kappa shape index (κ3) is 8.87. The Balaban J connectivity index is 1.84. The molecule has 0 aliphatic rings. The van der Waals surface area contributed by atoms with Crippen LogP contribution in [0.2, 0.25) is 10.0 Å². The first-order valence-electron chi connectivity index (χ1n) is 14.6. The number of nitrogens with one attached hydrogen (secondary N) is 1. The average Bonchev–Trinajstić information content (AvgIpc) is 2.99. The van der Waals surface area contributed by atoms with Crippen molar-refractivity contribution in [3.8, 4) is 0 Å². The van der Waals surface area contributed by atoms with Crippen molar-refractivity contribution in [3.05, 3.63) is 130 Å². The lowest BCUT2D eigenvalue weighted by Crippen LogP contribution is -2.56. The molecule has 1 atom stereocenters. The molecule has 0 saturated carbocycles. The van der Waals surface area contributed by atoms with Gasteiger partial charge in [-0.05, 0) is 75.2 Å². The number of carbonyl (C=O) groups is 2. The average molecular weight is 685 g/mol. The van der Waals surface area contributed by atoms with Crippen molar-refractivity contribution in [2.75, 3.05) is 10.8 Å². The highest BCUT2D eigenvalue weighted by atomic mass is 35.5. The van der Waals surface area contributed by atoms with Crippen LogP contribution in [0.15, 0.2) is 102 Å². The number of anilines is 1. The molecule has 0 fully saturated rings. The number of amides is 2. The van der Waals surface area contributed by atoms with Crippen LogP contribution in [0.3, 0.4) is 0 Å². The molecule has 2 amide bonds. The van der Waals surface area contributed by atoms with Crippen molar-refractivity contribution in [1.82, 2.24) is 10.2 Å². The Hall–Kier alpha value is -3.92. The van der Waals surface area contributed by atoms with E-state index in [1.807, 2.05) is 58.0 Å². The summed E-state index contributed by atoms with van der Waals surface area (Å²) in [5, 5.41) is 3.52. The van der Waals surface area contributed by atoms with Crippen LogP contribution in [0.25, 0.3) is 0 Å². The number of carbonyl (C=O) groups excluding carboxylic acids is 2. The van der Waals surface area contributed by atoms with Crippen LogP contribution in [0.1, 0.15) is 37.5 Å². The molecule has 4 aromatic carbocycles. The zero-order valence-corrected chi connectivity index (χ0v) is 28.3. The van der Waals surface area contributed by atoms with Gasteiger partial charge >= 0.3 is 0 Å². The fourth-order valence-electron chi connectivity index (χ4n) is 4.85. The highest BCUT2D eigenvalue weighted by Gasteiger charge is 2.36. The first kappa shape index (κ1) is 34.9. The molecule has 7 nitrogen and oxygen atoms in total. The standard InChI is InChI=1S/C35H36Cl2FN3O4S/c1-24-14-17-27(18-15-24)46(44,45)41(31-13-9-8-12-30(31)38)23-33(42)40(22-26-16-19-28(36)29(37)20-26)32(34(43)39-35(2,3)4)21-25-10-6-5-7-11-25/h5-20,32H,21-23H2,1-4H3,(H,39,43)/t32-/m0/s1. The first-order chi connectivity index (χ1) is 21.7. The van der Waals surface area contributed by atoms with Crippen molar-refractivity contribution in [3.63, 3.8) is 0 Å². The third-order valence-corrected chi connectivity index (χ3v) is 9.63. The fraction of sp³-hybridized carbons (Fsp3) is 0.257. The number of halogens is 3. The highest BCUT2D eigenvalue weighted by Crippen LogP contribution is 2.28. The second kappa shape index (κ2) is 14.7. The minimum atomic E-state index is -4.43. The van der Waals surface area contributed by atoms with Crippen LogP contribution in [0.5, 0.6) is 0 Å². The van der Waals surface area contributed by atoms with Crippen molar-refractivity contribution in [1.29, 1.82) is 0 Å². The molecule has 4 aromatic rings. The van der Waals surface area contributed by atoms with E-state index in [0.717, 1.165) is 21.5 Å². The Morgan fingerprint density at radius 1 is 0.848 bits per heavy atom. The molecule has 4 rings (SSSR count).